The predicted molar refractivity (Wildman–Crippen MR) is 86.5 cm³/mol. The highest BCUT2D eigenvalue weighted by molar-refractivity contribution is 5.85. The van der Waals surface area contributed by atoms with E-state index in [-0.39, 0.29) is 0 Å². The maximum absolute atomic E-state index is 10.1. The van der Waals surface area contributed by atoms with Crippen molar-refractivity contribution < 1.29 is 9.90 Å². The van der Waals surface area contributed by atoms with Gasteiger partial charge in [-0.2, -0.15) is 0 Å². The summed E-state index contributed by atoms with van der Waals surface area (Å²) in [5.41, 5.74) is 0.898. The summed E-state index contributed by atoms with van der Waals surface area (Å²) in [4.78, 5) is 14.6. The number of rotatable bonds is 5. The first kappa shape index (κ1) is 16.8. The van der Waals surface area contributed by atoms with E-state index in [0.717, 1.165) is 18.3 Å². The lowest BCUT2D eigenvalue weighted by Gasteiger charge is -2.17. The molecule has 0 amide bonds. The molecule has 4 nitrogen and oxygen atoms in total. The fraction of sp³-hybridized carbons (Fsp3) is 0.353. The van der Waals surface area contributed by atoms with Crippen LogP contribution in [0.5, 0.6) is 0 Å². The number of carboxylic acids is 1. The van der Waals surface area contributed by atoms with Crippen molar-refractivity contribution in [2.24, 2.45) is 0 Å². The molecule has 0 saturated carbocycles. The summed E-state index contributed by atoms with van der Waals surface area (Å²) in [5.74, 6) is -0.922. The van der Waals surface area contributed by atoms with Crippen LogP contribution in [0.25, 0.3) is 6.08 Å². The molecule has 1 aliphatic heterocycles. The second-order valence-corrected chi connectivity index (χ2v) is 4.94. The molecule has 114 valence electrons. The third kappa shape index (κ3) is 7.82. The van der Waals surface area contributed by atoms with Gasteiger partial charge in [-0.1, -0.05) is 43.7 Å². The second kappa shape index (κ2) is 9.64. The molecule has 1 aromatic rings. The van der Waals surface area contributed by atoms with Crippen LogP contribution >= 0.6 is 0 Å². The Morgan fingerprint density at radius 3 is 2.52 bits per heavy atom. The Hall–Kier alpha value is -2.23. The number of unbranched alkanes of at least 4 members (excludes halogenated alkanes) is 1. The zero-order chi connectivity index (χ0) is 15.5. The van der Waals surface area contributed by atoms with Crippen LogP contribution in [0.15, 0.2) is 48.8 Å². The third-order valence-corrected chi connectivity index (χ3v) is 2.95. The van der Waals surface area contributed by atoms with E-state index in [1.54, 1.807) is 6.08 Å². The Labute approximate surface area is 127 Å². The average molecular weight is 288 g/mol. The molecule has 1 N–H and O–H groups in total. The van der Waals surface area contributed by atoms with E-state index in [2.05, 4.69) is 36.2 Å². The number of benzene rings is 1. The zero-order valence-electron chi connectivity index (χ0n) is 12.8. The first-order valence-electron chi connectivity index (χ1n) is 7.20. The highest BCUT2D eigenvalue weighted by atomic mass is 16.4. The molecule has 0 aromatic heterocycles. The quantitative estimate of drug-likeness (QED) is 0.845. The zero-order valence-corrected chi connectivity index (χ0v) is 12.8. The maximum Gasteiger partial charge on any atom is 0.328 e. The molecule has 0 saturated heterocycles. The first-order chi connectivity index (χ1) is 10.1. The van der Waals surface area contributed by atoms with Crippen molar-refractivity contribution in [1.29, 1.82) is 0 Å². The van der Waals surface area contributed by atoms with Crippen LogP contribution in [0.3, 0.4) is 0 Å². The summed E-state index contributed by atoms with van der Waals surface area (Å²) < 4.78 is 0. The van der Waals surface area contributed by atoms with Crippen LogP contribution in [0, 0.1) is 0 Å². The summed E-state index contributed by atoms with van der Waals surface area (Å²) in [6, 6.07) is 9.31. The molecule has 4 heteroatoms. The molecular weight excluding hydrogens is 264 g/mol. The largest absolute Gasteiger partial charge is 0.478 e. The molecular formula is C17H24N2O2. The minimum atomic E-state index is -0.922. The molecule has 0 atom stereocenters. The van der Waals surface area contributed by atoms with Gasteiger partial charge < -0.3 is 14.9 Å². The van der Waals surface area contributed by atoms with Crippen LogP contribution in [0.1, 0.15) is 25.3 Å². The van der Waals surface area contributed by atoms with Crippen molar-refractivity contribution in [1.82, 2.24) is 9.80 Å². The van der Waals surface area contributed by atoms with Gasteiger partial charge in [-0.25, -0.2) is 4.79 Å². The fourth-order valence-electron chi connectivity index (χ4n) is 1.83. The fourth-order valence-corrected chi connectivity index (χ4v) is 1.83. The highest BCUT2D eigenvalue weighted by Gasteiger charge is 2.05. The number of hydrogen-bond donors (Lipinski definition) is 1. The molecule has 21 heavy (non-hydrogen) atoms. The monoisotopic (exact) mass is 288 g/mol. The summed E-state index contributed by atoms with van der Waals surface area (Å²) in [6.07, 6.45) is 9.55. The number of hydrogen-bond acceptors (Lipinski definition) is 3. The molecule has 0 unspecified atom stereocenters. The standard InChI is InChI=1S/C9H8O2.C8H16N2/c10-9(11)7-6-8-4-2-1-3-5-8;1-3-4-5-10-7-6-9(2)8-10/h1-7H,(H,10,11);6-7H,3-5,8H2,1-2H3. The van der Waals surface area contributed by atoms with E-state index in [1.807, 2.05) is 30.3 Å². The molecule has 1 aromatic carbocycles. The van der Waals surface area contributed by atoms with Gasteiger partial charge in [-0.05, 0) is 18.1 Å². The Kier molecular flexibility index (Phi) is 7.72. The summed E-state index contributed by atoms with van der Waals surface area (Å²) in [6.45, 7) is 4.50. The van der Waals surface area contributed by atoms with E-state index in [4.69, 9.17) is 5.11 Å². The lowest BCUT2D eigenvalue weighted by molar-refractivity contribution is -0.131. The van der Waals surface area contributed by atoms with Crippen molar-refractivity contribution in [2.45, 2.75) is 19.8 Å². The Balaban J connectivity index is 0.000000211. The molecule has 0 radical (unpaired) electrons. The minimum Gasteiger partial charge on any atom is -0.478 e. The van der Waals surface area contributed by atoms with Gasteiger partial charge in [0, 0.05) is 32.1 Å². The van der Waals surface area contributed by atoms with E-state index in [0.29, 0.717) is 0 Å². The van der Waals surface area contributed by atoms with Crippen molar-refractivity contribution in [3.8, 4) is 0 Å². The van der Waals surface area contributed by atoms with Gasteiger partial charge in [0.15, 0.2) is 0 Å². The Morgan fingerprint density at radius 1 is 1.29 bits per heavy atom. The molecule has 2 rings (SSSR count). The van der Waals surface area contributed by atoms with Gasteiger partial charge in [-0.15, -0.1) is 0 Å². The average Bonchev–Trinajstić information content (AvgIpc) is 2.90. The molecule has 0 spiro atoms. The number of carboxylic acid groups (broad SMARTS) is 1. The molecule has 0 fully saturated rings. The minimum absolute atomic E-state index is 0.898. The van der Waals surface area contributed by atoms with E-state index in [1.165, 1.54) is 19.4 Å². The van der Waals surface area contributed by atoms with Gasteiger partial charge in [0.2, 0.25) is 0 Å². The summed E-state index contributed by atoms with van der Waals surface area (Å²) in [5, 5.41) is 8.29. The van der Waals surface area contributed by atoms with Gasteiger partial charge in [0.05, 0.1) is 6.67 Å². The van der Waals surface area contributed by atoms with Crippen LogP contribution in [0.4, 0.5) is 0 Å². The number of carbonyl (C=O) groups is 1. The molecule has 0 aliphatic carbocycles. The van der Waals surface area contributed by atoms with Crippen molar-refractivity contribution in [2.75, 3.05) is 20.3 Å². The van der Waals surface area contributed by atoms with Crippen molar-refractivity contribution >= 4 is 12.0 Å². The third-order valence-electron chi connectivity index (χ3n) is 2.95. The van der Waals surface area contributed by atoms with E-state index < -0.39 is 5.97 Å². The highest BCUT2D eigenvalue weighted by Crippen LogP contribution is 2.04. The van der Waals surface area contributed by atoms with Crippen molar-refractivity contribution in [3.63, 3.8) is 0 Å². The first-order valence-corrected chi connectivity index (χ1v) is 7.20. The Bertz CT molecular complexity index is 469. The van der Waals surface area contributed by atoms with Gasteiger partial charge >= 0.3 is 5.97 Å². The van der Waals surface area contributed by atoms with Gasteiger partial charge in [0.25, 0.3) is 0 Å². The Morgan fingerprint density at radius 2 is 2.00 bits per heavy atom. The number of aliphatic carboxylic acids is 1. The molecule has 0 bridgehead atoms. The summed E-state index contributed by atoms with van der Waals surface area (Å²) >= 11 is 0. The van der Waals surface area contributed by atoms with Gasteiger partial charge in [-0.3, -0.25) is 0 Å². The smallest absolute Gasteiger partial charge is 0.328 e. The second-order valence-electron chi connectivity index (χ2n) is 4.94. The van der Waals surface area contributed by atoms with Crippen LogP contribution in [0.2, 0.25) is 0 Å². The van der Waals surface area contributed by atoms with Crippen molar-refractivity contribution in [3.05, 3.63) is 54.4 Å². The molecule has 1 heterocycles. The number of nitrogens with zero attached hydrogens (tertiary/aromatic N) is 2. The van der Waals surface area contributed by atoms with E-state index >= 15 is 0 Å². The topological polar surface area (TPSA) is 43.8 Å². The maximum atomic E-state index is 10.1. The lowest BCUT2D eigenvalue weighted by Crippen LogP contribution is -2.23. The predicted octanol–water partition coefficient (Wildman–Crippen LogP) is 3.25. The van der Waals surface area contributed by atoms with Crippen LogP contribution in [-0.4, -0.2) is 41.1 Å². The summed E-state index contributed by atoms with van der Waals surface area (Å²) in [7, 11) is 2.10. The van der Waals surface area contributed by atoms with E-state index in [9.17, 15) is 4.79 Å². The normalized spacial score (nSPS) is 13.4. The van der Waals surface area contributed by atoms with Gasteiger partial charge in [0.1, 0.15) is 0 Å². The van der Waals surface area contributed by atoms with Crippen LogP contribution < -0.4 is 0 Å². The SMILES string of the molecule is CCCCN1C=CN(C)C1.O=C(O)C=Cc1ccccc1. The molecule has 1 aliphatic rings. The lowest BCUT2D eigenvalue weighted by atomic mass is 10.2. The van der Waals surface area contributed by atoms with Crippen LogP contribution in [-0.2, 0) is 4.79 Å².